The van der Waals surface area contributed by atoms with E-state index in [0.717, 1.165) is 19.3 Å². The number of methoxy groups -OCH3 is 1. The van der Waals surface area contributed by atoms with Crippen LogP contribution >= 0.6 is 0 Å². The summed E-state index contributed by atoms with van der Waals surface area (Å²) < 4.78 is 4.67. The highest BCUT2D eigenvalue weighted by molar-refractivity contribution is 5.76. The molecule has 1 aliphatic heterocycles. The van der Waals surface area contributed by atoms with Crippen LogP contribution in [0.5, 0.6) is 0 Å². The Morgan fingerprint density at radius 3 is 2.83 bits per heavy atom. The molecule has 0 aromatic rings. The lowest BCUT2D eigenvalue weighted by atomic mass is 9.97. The molecule has 1 heterocycles. The monoisotopic (exact) mass is 171 g/mol. The molecule has 0 aromatic heterocycles. The molecular weight excluding hydrogens is 154 g/mol. The van der Waals surface area contributed by atoms with Crippen molar-refractivity contribution >= 4 is 5.97 Å². The Morgan fingerprint density at radius 2 is 2.42 bits per heavy atom. The second-order valence-corrected chi connectivity index (χ2v) is 3.67. The Kier molecular flexibility index (Phi) is 2.73. The Balaban J connectivity index is 2.50. The number of nitrogens with one attached hydrogen (secondary N) is 1. The molecule has 0 radical (unpaired) electrons. The van der Waals surface area contributed by atoms with Crippen LogP contribution in [0.1, 0.15) is 33.1 Å². The van der Waals surface area contributed by atoms with E-state index in [9.17, 15) is 4.79 Å². The number of rotatable bonds is 2. The maximum atomic E-state index is 11.1. The lowest BCUT2D eigenvalue weighted by molar-refractivity contribution is -0.142. The molecule has 3 nitrogen and oxygen atoms in total. The fraction of sp³-hybridized carbons (Fsp3) is 0.889. The van der Waals surface area contributed by atoms with Crippen LogP contribution in [0, 0.1) is 0 Å². The average Bonchev–Trinajstić information content (AvgIpc) is 2.48. The molecule has 1 rings (SSSR count). The summed E-state index contributed by atoms with van der Waals surface area (Å²) in [6.07, 6.45) is 3.01. The molecule has 1 saturated heterocycles. The number of hydrogen-bond donors (Lipinski definition) is 1. The van der Waals surface area contributed by atoms with Crippen molar-refractivity contribution in [3.05, 3.63) is 0 Å². The molecular formula is C9H17NO2. The minimum absolute atomic E-state index is 0.0834. The topological polar surface area (TPSA) is 38.3 Å². The largest absolute Gasteiger partial charge is 0.468 e. The van der Waals surface area contributed by atoms with E-state index in [1.54, 1.807) is 0 Å². The molecule has 1 aliphatic rings. The number of carbonyl (C=O) groups is 1. The van der Waals surface area contributed by atoms with E-state index in [0.29, 0.717) is 0 Å². The normalized spacial score (nSPS) is 35.1. The molecule has 0 aliphatic carbocycles. The third kappa shape index (κ3) is 1.78. The van der Waals surface area contributed by atoms with Crippen molar-refractivity contribution in [1.29, 1.82) is 0 Å². The highest BCUT2D eigenvalue weighted by atomic mass is 16.5. The first-order valence-corrected chi connectivity index (χ1v) is 4.47. The zero-order valence-corrected chi connectivity index (χ0v) is 8.02. The maximum absolute atomic E-state index is 11.1. The van der Waals surface area contributed by atoms with Crippen molar-refractivity contribution in [3.8, 4) is 0 Å². The van der Waals surface area contributed by atoms with Crippen LogP contribution in [0.25, 0.3) is 0 Å². The van der Waals surface area contributed by atoms with Crippen LogP contribution in [-0.4, -0.2) is 24.7 Å². The molecule has 1 fully saturated rings. The third-order valence-corrected chi connectivity index (χ3v) is 2.77. The maximum Gasteiger partial charge on any atom is 0.322 e. The predicted octanol–water partition coefficient (Wildman–Crippen LogP) is 1.08. The molecule has 0 saturated carbocycles. The van der Waals surface area contributed by atoms with Crippen molar-refractivity contribution in [3.63, 3.8) is 0 Å². The summed E-state index contributed by atoms with van der Waals surface area (Å²) in [4.78, 5) is 11.1. The Bertz CT molecular complexity index is 181. The van der Waals surface area contributed by atoms with E-state index in [2.05, 4.69) is 23.9 Å². The molecule has 12 heavy (non-hydrogen) atoms. The zero-order chi connectivity index (χ0) is 9.19. The fourth-order valence-corrected chi connectivity index (χ4v) is 1.63. The molecule has 1 N–H and O–H groups in total. The number of ether oxygens (including phenoxy) is 1. The van der Waals surface area contributed by atoms with E-state index < -0.39 is 0 Å². The highest BCUT2D eigenvalue weighted by Gasteiger charge is 2.36. The van der Waals surface area contributed by atoms with Gasteiger partial charge in [0.15, 0.2) is 0 Å². The SMILES string of the molecule is CCC1(C)CCC(C(=O)OC)N1. The van der Waals surface area contributed by atoms with E-state index in [1.165, 1.54) is 7.11 Å². The summed E-state index contributed by atoms with van der Waals surface area (Å²) >= 11 is 0. The molecule has 70 valence electrons. The molecule has 2 atom stereocenters. The van der Waals surface area contributed by atoms with Crippen molar-refractivity contribution < 1.29 is 9.53 Å². The first-order valence-electron chi connectivity index (χ1n) is 4.47. The Hall–Kier alpha value is -0.570. The average molecular weight is 171 g/mol. The summed E-state index contributed by atoms with van der Waals surface area (Å²) in [6.45, 7) is 4.28. The van der Waals surface area contributed by atoms with Crippen LogP contribution in [0.3, 0.4) is 0 Å². The van der Waals surface area contributed by atoms with Gasteiger partial charge < -0.3 is 4.74 Å². The standard InChI is InChI=1S/C9H17NO2/c1-4-9(2)6-5-7(10-9)8(11)12-3/h7,10H,4-6H2,1-3H3. The van der Waals surface area contributed by atoms with Crippen LogP contribution < -0.4 is 5.32 Å². The molecule has 0 spiro atoms. The first kappa shape index (κ1) is 9.52. The lowest BCUT2D eigenvalue weighted by Gasteiger charge is -2.23. The Morgan fingerprint density at radius 1 is 1.75 bits per heavy atom. The smallest absolute Gasteiger partial charge is 0.322 e. The van der Waals surface area contributed by atoms with Gasteiger partial charge in [-0.2, -0.15) is 0 Å². The molecule has 2 unspecified atom stereocenters. The third-order valence-electron chi connectivity index (χ3n) is 2.77. The molecule has 0 bridgehead atoms. The summed E-state index contributed by atoms with van der Waals surface area (Å²) in [5.41, 5.74) is 0.138. The van der Waals surface area contributed by atoms with Gasteiger partial charge in [0.05, 0.1) is 7.11 Å². The summed E-state index contributed by atoms with van der Waals surface area (Å²) in [6, 6.07) is -0.0834. The van der Waals surface area contributed by atoms with Gasteiger partial charge in [-0.1, -0.05) is 6.92 Å². The van der Waals surface area contributed by atoms with Gasteiger partial charge in [0, 0.05) is 5.54 Å². The summed E-state index contributed by atoms with van der Waals surface area (Å²) in [7, 11) is 1.44. The van der Waals surface area contributed by atoms with Crippen molar-refractivity contribution in [1.82, 2.24) is 5.32 Å². The van der Waals surface area contributed by atoms with Gasteiger partial charge in [0.25, 0.3) is 0 Å². The minimum atomic E-state index is -0.132. The van der Waals surface area contributed by atoms with Gasteiger partial charge in [0.1, 0.15) is 6.04 Å². The van der Waals surface area contributed by atoms with Crippen LogP contribution in [0.2, 0.25) is 0 Å². The van der Waals surface area contributed by atoms with Crippen molar-refractivity contribution in [2.75, 3.05) is 7.11 Å². The second kappa shape index (κ2) is 3.44. The highest BCUT2D eigenvalue weighted by Crippen LogP contribution is 2.26. The van der Waals surface area contributed by atoms with Crippen LogP contribution in [0.15, 0.2) is 0 Å². The van der Waals surface area contributed by atoms with Crippen molar-refractivity contribution in [2.24, 2.45) is 0 Å². The minimum Gasteiger partial charge on any atom is -0.468 e. The zero-order valence-electron chi connectivity index (χ0n) is 8.02. The van der Waals surface area contributed by atoms with Gasteiger partial charge in [-0.25, -0.2) is 0 Å². The van der Waals surface area contributed by atoms with E-state index >= 15 is 0 Å². The van der Waals surface area contributed by atoms with Crippen LogP contribution in [0.4, 0.5) is 0 Å². The number of carbonyl (C=O) groups excluding carboxylic acids is 1. The number of esters is 1. The van der Waals surface area contributed by atoms with E-state index in [4.69, 9.17) is 0 Å². The van der Waals surface area contributed by atoms with Crippen molar-refractivity contribution in [2.45, 2.75) is 44.7 Å². The number of hydrogen-bond acceptors (Lipinski definition) is 3. The summed E-state index contributed by atoms with van der Waals surface area (Å²) in [5, 5.41) is 3.29. The lowest BCUT2D eigenvalue weighted by Crippen LogP contribution is -2.43. The van der Waals surface area contributed by atoms with Gasteiger partial charge in [-0.15, -0.1) is 0 Å². The van der Waals surface area contributed by atoms with E-state index in [-0.39, 0.29) is 17.6 Å². The predicted molar refractivity (Wildman–Crippen MR) is 46.9 cm³/mol. The fourth-order valence-electron chi connectivity index (χ4n) is 1.63. The quantitative estimate of drug-likeness (QED) is 0.632. The Labute approximate surface area is 73.5 Å². The summed E-state index contributed by atoms with van der Waals surface area (Å²) in [5.74, 6) is -0.132. The second-order valence-electron chi connectivity index (χ2n) is 3.67. The van der Waals surface area contributed by atoms with Gasteiger partial charge in [0.2, 0.25) is 0 Å². The molecule has 0 amide bonds. The van der Waals surface area contributed by atoms with Gasteiger partial charge >= 0.3 is 5.97 Å². The van der Waals surface area contributed by atoms with Gasteiger partial charge in [-0.05, 0) is 26.2 Å². The molecule has 3 heteroatoms. The van der Waals surface area contributed by atoms with Gasteiger partial charge in [-0.3, -0.25) is 10.1 Å². The first-order chi connectivity index (χ1) is 5.61. The van der Waals surface area contributed by atoms with E-state index in [1.807, 2.05) is 0 Å². The van der Waals surface area contributed by atoms with Crippen LogP contribution in [-0.2, 0) is 9.53 Å². The molecule has 0 aromatic carbocycles.